The molecule has 0 unspecified atom stereocenters. The fourth-order valence-corrected chi connectivity index (χ4v) is 4.14. The van der Waals surface area contributed by atoms with E-state index in [1.807, 2.05) is 43.3 Å². The molecule has 0 aliphatic carbocycles. The minimum atomic E-state index is 0.511. The van der Waals surface area contributed by atoms with Crippen molar-refractivity contribution in [3.05, 3.63) is 66.0 Å². The summed E-state index contributed by atoms with van der Waals surface area (Å²) in [6.07, 6.45) is 1.51. The second-order valence-corrected chi connectivity index (χ2v) is 8.85. The molecule has 0 saturated carbocycles. The topological polar surface area (TPSA) is 91.4 Å². The van der Waals surface area contributed by atoms with Crippen LogP contribution in [0, 0.1) is 6.92 Å². The molecule has 9 nitrogen and oxygen atoms in total. The summed E-state index contributed by atoms with van der Waals surface area (Å²) in [5.41, 5.74) is 3.71. The lowest BCUT2D eigenvalue weighted by Crippen LogP contribution is -2.45. The van der Waals surface area contributed by atoms with Gasteiger partial charge in [0.2, 0.25) is 5.88 Å². The lowest BCUT2D eigenvalue weighted by Gasteiger charge is -2.32. The average Bonchev–Trinajstić information content (AvgIpc) is 3.29. The van der Waals surface area contributed by atoms with Crippen LogP contribution in [0.2, 0.25) is 0 Å². The lowest BCUT2D eigenvalue weighted by atomic mass is 10.2. The molecular formula is C26H31N7O2. The van der Waals surface area contributed by atoms with E-state index in [9.17, 15) is 0 Å². The lowest BCUT2D eigenvalue weighted by molar-refractivity contribution is 0.133. The van der Waals surface area contributed by atoms with E-state index in [1.54, 1.807) is 0 Å². The first-order valence-corrected chi connectivity index (χ1v) is 11.9. The maximum atomic E-state index is 6.05. The summed E-state index contributed by atoms with van der Waals surface area (Å²) in [5, 5.41) is 11.4. The molecule has 9 heteroatoms. The van der Waals surface area contributed by atoms with Gasteiger partial charge < -0.3 is 19.7 Å². The minimum Gasteiger partial charge on any atom is -0.489 e. The monoisotopic (exact) mass is 473 g/mol. The van der Waals surface area contributed by atoms with Gasteiger partial charge in [0.05, 0.1) is 0 Å². The SMILES string of the molecule is Cc1cc(Nc2ncnc3[nH]nc(OCCN4CCN(C)CC4)c23)ccc1OCc1ccccc1. The average molecular weight is 474 g/mol. The number of hydrogen-bond donors (Lipinski definition) is 2. The number of likely N-dealkylation sites (N-methyl/N-ethyl adjacent to an activating group) is 1. The van der Waals surface area contributed by atoms with E-state index in [1.165, 1.54) is 6.33 Å². The molecule has 0 spiro atoms. The Kier molecular flexibility index (Phi) is 7.06. The van der Waals surface area contributed by atoms with Crippen molar-refractivity contribution in [3.63, 3.8) is 0 Å². The van der Waals surface area contributed by atoms with E-state index in [2.05, 4.69) is 54.5 Å². The fraction of sp³-hybridized carbons (Fsp3) is 0.346. The number of H-pyrrole nitrogens is 1. The molecule has 182 valence electrons. The van der Waals surface area contributed by atoms with Crippen molar-refractivity contribution in [1.29, 1.82) is 0 Å². The zero-order chi connectivity index (χ0) is 24.0. The van der Waals surface area contributed by atoms with Crippen molar-refractivity contribution >= 4 is 22.5 Å². The highest BCUT2D eigenvalue weighted by molar-refractivity contribution is 5.92. The van der Waals surface area contributed by atoms with Crippen molar-refractivity contribution in [2.75, 3.05) is 51.7 Å². The molecule has 0 atom stereocenters. The van der Waals surface area contributed by atoms with Gasteiger partial charge in [0, 0.05) is 38.4 Å². The van der Waals surface area contributed by atoms with Crippen LogP contribution in [0.25, 0.3) is 11.0 Å². The molecule has 1 fully saturated rings. The molecule has 4 aromatic rings. The molecule has 35 heavy (non-hydrogen) atoms. The van der Waals surface area contributed by atoms with Gasteiger partial charge in [0.15, 0.2) is 5.65 Å². The van der Waals surface area contributed by atoms with E-state index < -0.39 is 0 Å². The third kappa shape index (κ3) is 5.70. The molecule has 1 saturated heterocycles. The van der Waals surface area contributed by atoms with Crippen molar-refractivity contribution < 1.29 is 9.47 Å². The molecular weight excluding hydrogens is 442 g/mol. The number of hydrogen-bond acceptors (Lipinski definition) is 8. The summed E-state index contributed by atoms with van der Waals surface area (Å²) in [5.74, 6) is 2.01. The zero-order valence-corrected chi connectivity index (χ0v) is 20.2. The normalized spacial score (nSPS) is 14.8. The summed E-state index contributed by atoms with van der Waals surface area (Å²) in [7, 11) is 2.16. The van der Waals surface area contributed by atoms with Crippen molar-refractivity contribution in [2.45, 2.75) is 13.5 Å². The van der Waals surface area contributed by atoms with Gasteiger partial charge in [0.25, 0.3) is 0 Å². The summed E-state index contributed by atoms with van der Waals surface area (Å²) in [4.78, 5) is 13.5. The molecule has 1 aliphatic heterocycles. The van der Waals surface area contributed by atoms with Crippen LogP contribution in [-0.2, 0) is 6.61 Å². The van der Waals surface area contributed by atoms with Crippen LogP contribution in [0.1, 0.15) is 11.1 Å². The second kappa shape index (κ2) is 10.7. The quantitative estimate of drug-likeness (QED) is 0.381. The third-order valence-electron chi connectivity index (χ3n) is 6.24. The number of nitrogens with one attached hydrogen (secondary N) is 2. The predicted molar refractivity (Wildman–Crippen MR) is 136 cm³/mol. The van der Waals surface area contributed by atoms with Crippen LogP contribution in [-0.4, -0.2) is 76.3 Å². The number of aromatic amines is 1. The van der Waals surface area contributed by atoms with Gasteiger partial charge in [-0.15, -0.1) is 5.10 Å². The van der Waals surface area contributed by atoms with E-state index >= 15 is 0 Å². The van der Waals surface area contributed by atoms with Gasteiger partial charge >= 0.3 is 0 Å². The molecule has 5 rings (SSSR count). The second-order valence-electron chi connectivity index (χ2n) is 8.85. The molecule has 0 amide bonds. The van der Waals surface area contributed by atoms with Gasteiger partial charge in [-0.05, 0) is 43.3 Å². The highest BCUT2D eigenvalue weighted by Gasteiger charge is 2.17. The number of piperazine rings is 1. The number of anilines is 2. The van der Waals surface area contributed by atoms with Crippen LogP contribution >= 0.6 is 0 Å². The predicted octanol–water partition coefficient (Wildman–Crippen LogP) is 3.61. The third-order valence-corrected chi connectivity index (χ3v) is 6.24. The van der Waals surface area contributed by atoms with E-state index in [4.69, 9.17) is 9.47 Å². The maximum Gasteiger partial charge on any atom is 0.246 e. The Balaban J connectivity index is 1.25. The Morgan fingerprint density at radius 3 is 2.63 bits per heavy atom. The summed E-state index contributed by atoms with van der Waals surface area (Å²) in [6, 6.07) is 16.1. The Bertz CT molecular complexity index is 1250. The fourth-order valence-electron chi connectivity index (χ4n) is 4.14. The number of benzene rings is 2. The number of aromatic nitrogens is 4. The Hall–Kier alpha value is -3.69. The molecule has 2 aromatic carbocycles. The molecule has 3 heterocycles. The first kappa shape index (κ1) is 23.1. The molecule has 0 radical (unpaired) electrons. The summed E-state index contributed by atoms with van der Waals surface area (Å²) < 4.78 is 12.1. The standard InChI is InChI=1S/C26H31N7O2/c1-19-16-21(8-9-22(19)35-17-20-6-4-3-5-7-20)29-24-23-25(28-18-27-24)30-31-26(23)34-15-14-33-12-10-32(2)11-13-33/h3-9,16,18H,10-15,17H2,1-2H3,(H2,27,28,29,30,31). The van der Waals surface area contributed by atoms with Crippen LogP contribution in [0.15, 0.2) is 54.9 Å². The first-order valence-electron chi connectivity index (χ1n) is 11.9. The number of fused-ring (bicyclic) bond motifs is 1. The minimum absolute atomic E-state index is 0.511. The van der Waals surface area contributed by atoms with E-state index in [0.29, 0.717) is 30.6 Å². The molecule has 1 aliphatic rings. The zero-order valence-electron chi connectivity index (χ0n) is 20.2. The molecule has 2 N–H and O–H groups in total. The smallest absolute Gasteiger partial charge is 0.246 e. The van der Waals surface area contributed by atoms with Gasteiger partial charge in [0.1, 0.15) is 36.5 Å². The largest absolute Gasteiger partial charge is 0.489 e. The van der Waals surface area contributed by atoms with Crippen LogP contribution in [0.4, 0.5) is 11.5 Å². The van der Waals surface area contributed by atoms with Gasteiger partial charge in [-0.25, -0.2) is 9.97 Å². The van der Waals surface area contributed by atoms with Crippen LogP contribution in [0.3, 0.4) is 0 Å². The summed E-state index contributed by atoms with van der Waals surface area (Å²) >= 11 is 0. The van der Waals surface area contributed by atoms with Gasteiger partial charge in [-0.1, -0.05) is 30.3 Å². The van der Waals surface area contributed by atoms with E-state index in [0.717, 1.165) is 60.7 Å². The van der Waals surface area contributed by atoms with E-state index in [-0.39, 0.29) is 0 Å². The number of ether oxygens (including phenoxy) is 2. The number of aryl methyl sites for hydroxylation is 1. The molecule has 2 aromatic heterocycles. The highest BCUT2D eigenvalue weighted by atomic mass is 16.5. The van der Waals surface area contributed by atoms with Crippen molar-refractivity contribution in [1.82, 2.24) is 30.0 Å². The number of nitrogens with zero attached hydrogens (tertiary/aromatic N) is 5. The van der Waals surface area contributed by atoms with Crippen LogP contribution < -0.4 is 14.8 Å². The highest BCUT2D eigenvalue weighted by Crippen LogP contribution is 2.31. The van der Waals surface area contributed by atoms with Crippen molar-refractivity contribution in [3.8, 4) is 11.6 Å². The number of rotatable bonds is 9. The van der Waals surface area contributed by atoms with Gasteiger partial charge in [-0.3, -0.25) is 10.00 Å². The first-order chi connectivity index (χ1) is 17.2. The summed E-state index contributed by atoms with van der Waals surface area (Å²) in [6.45, 7) is 8.28. The Labute approximate surface area is 205 Å². The Morgan fingerprint density at radius 1 is 1.00 bits per heavy atom. The van der Waals surface area contributed by atoms with Gasteiger partial charge in [-0.2, -0.15) is 0 Å². The maximum absolute atomic E-state index is 6.05. The molecule has 0 bridgehead atoms. The Morgan fingerprint density at radius 2 is 1.83 bits per heavy atom. The van der Waals surface area contributed by atoms with Crippen molar-refractivity contribution in [2.24, 2.45) is 0 Å². The van der Waals surface area contributed by atoms with Crippen LogP contribution in [0.5, 0.6) is 11.6 Å².